The molecule has 0 aromatic carbocycles. The number of pyridine rings is 1. The van der Waals surface area contributed by atoms with Gasteiger partial charge in [0.1, 0.15) is 0 Å². The van der Waals surface area contributed by atoms with Crippen LogP contribution in [0.4, 0.5) is 0 Å². The quantitative estimate of drug-likeness (QED) is 0.684. The molecule has 5 heteroatoms. The Morgan fingerprint density at radius 1 is 1.06 bits per heavy atom. The molecule has 90 valence electrons. The molecule has 1 aromatic rings. The summed E-state index contributed by atoms with van der Waals surface area (Å²) in [5, 5.41) is 0. The molecule has 0 unspecified atom stereocenters. The van der Waals surface area contributed by atoms with Crippen molar-refractivity contribution in [3.05, 3.63) is 30.1 Å². The second-order valence-electron chi connectivity index (χ2n) is 3.50. The van der Waals surface area contributed by atoms with Crippen LogP contribution in [0, 0.1) is 0 Å². The standard InChI is InChI=1S/C11H19NO3Si/c1-13-16(14-2,15-3)10-4-5-11-6-8-12-9-7-11/h6-9H,4-5,10H2,1-3H3. The average molecular weight is 241 g/mol. The molecule has 0 spiro atoms. The van der Waals surface area contributed by atoms with Gasteiger partial charge in [-0.3, -0.25) is 4.98 Å². The van der Waals surface area contributed by atoms with Gasteiger partial charge in [-0.2, -0.15) is 0 Å². The minimum atomic E-state index is -2.39. The van der Waals surface area contributed by atoms with Crippen LogP contribution in [0.25, 0.3) is 0 Å². The monoisotopic (exact) mass is 241 g/mol. The minimum absolute atomic E-state index is 0.832. The molecule has 0 atom stereocenters. The zero-order valence-electron chi connectivity index (χ0n) is 10.1. The Hall–Kier alpha value is -0.753. The highest BCUT2D eigenvalue weighted by atomic mass is 28.4. The molecule has 0 saturated heterocycles. The fraction of sp³-hybridized carbons (Fsp3) is 0.545. The third-order valence-corrected chi connectivity index (χ3v) is 5.46. The zero-order chi connectivity index (χ0) is 11.9. The largest absolute Gasteiger partial charge is 0.500 e. The van der Waals surface area contributed by atoms with Crippen LogP contribution < -0.4 is 0 Å². The molecule has 1 aromatic heterocycles. The van der Waals surface area contributed by atoms with Gasteiger partial charge in [0.05, 0.1) is 0 Å². The van der Waals surface area contributed by atoms with Gasteiger partial charge in [-0.15, -0.1) is 0 Å². The lowest BCUT2D eigenvalue weighted by Crippen LogP contribution is -2.42. The number of hydrogen-bond donors (Lipinski definition) is 0. The first-order valence-corrected chi connectivity index (χ1v) is 7.24. The summed E-state index contributed by atoms with van der Waals surface area (Å²) in [6.45, 7) is 0. The van der Waals surface area contributed by atoms with E-state index in [1.807, 2.05) is 24.5 Å². The summed E-state index contributed by atoms with van der Waals surface area (Å²) in [4.78, 5) is 3.99. The number of nitrogens with zero attached hydrogens (tertiary/aromatic N) is 1. The van der Waals surface area contributed by atoms with Crippen LogP contribution in [0.3, 0.4) is 0 Å². The lowest BCUT2D eigenvalue weighted by atomic mass is 10.2. The Morgan fingerprint density at radius 2 is 1.62 bits per heavy atom. The molecule has 0 aliphatic carbocycles. The summed E-state index contributed by atoms with van der Waals surface area (Å²) in [6, 6.07) is 4.88. The van der Waals surface area contributed by atoms with Gasteiger partial charge < -0.3 is 13.3 Å². The van der Waals surface area contributed by atoms with Crippen molar-refractivity contribution in [1.29, 1.82) is 0 Å². The van der Waals surface area contributed by atoms with Crippen molar-refractivity contribution in [2.75, 3.05) is 21.3 Å². The minimum Gasteiger partial charge on any atom is -0.377 e. The van der Waals surface area contributed by atoms with Crippen molar-refractivity contribution in [1.82, 2.24) is 4.98 Å². The van der Waals surface area contributed by atoms with Crippen molar-refractivity contribution in [3.8, 4) is 0 Å². The third kappa shape index (κ3) is 3.68. The lowest BCUT2D eigenvalue weighted by molar-refractivity contribution is 0.123. The molecule has 1 heterocycles. The van der Waals surface area contributed by atoms with E-state index in [-0.39, 0.29) is 0 Å². The van der Waals surface area contributed by atoms with Crippen molar-refractivity contribution in [2.45, 2.75) is 18.9 Å². The molecule has 0 N–H and O–H groups in total. The number of aryl methyl sites for hydroxylation is 1. The highest BCUT2D eigenvalue weighted by Gasteiger charge is 2.36. The molecular formula is C11H19NO3Si. The fourth-order valence-corrected chi connectivity index (χ4v) is 3.34. The van der Waals surface area contributed by atoms with Gasteiger partial charge in [-0.25, -0.2) is 0 Å². The molecule has 0 radical (unpaired) electrons. The summed E-state index contributed by atoms with van der Waals surface area (Å²) < 4.78 is 16.1. The molecule has 0 amide bonds. The molecule has 16 heavy (non-hydrogen) atoms. The predicted octanol–water partition coefficient (Wildman–Crippen LogP) is 1.89. The lowest BCUT2D eigenvalue weighted by Gasteiger charge is -2.24. The molecule has 0 saturated carbocycles. The summed E-state index contributed by atoms with van der Waals surface area (Å²) in [6.07, 6.45) is 5.60. The molecule has 0 bridgehead atoms. The highest BCUT2D eigenvalue weighted by Crippen LogP contribution is 2.16. The van der Waals surface area contributed by atoms with Crippen molar-refractivity contribution in [3.63, 3.8) is 0 Å². The Morgan fingerprint density at radius 3 is 2.12 bits per heavy atom. The normalized spacial score (nSPS) is 11.7. The number of aromatic nitrogens is 1. The van der Waals surface area contributed by atoms with Gasteiger partial charge >= 0.3 is 8.80 Å². The van der Waals surface area contributed by atoms with Crippen LogP contribution >= 0.6 is 0 Å². The zero-order valence-corrected chi connectivity index (χ0v) is 11.1. The summed E-state index contributed by atoms with van der Waals surface area (Å²) in [7, 11) is 2.55. The molecule has 0 aliphatic rings. The van der Waals surface area contributed by atoms with Crippen molar-refractivity contribution >= 4 is 8.80 Å². The van der Waals surface area contributed by atoms with Gasteiger partial charge in [0.2, 0.25) is 0 Å². The second kappa shape index (κ2) is 6.75. The first kappa shape index (κ1) is 13.3. The van der Waals surface area contributed by atoms with E-state index in [1.165, 1.54) is 5.56 Å². The van der Waals surface area contributed by atoms with Crippen molar-refractivity contribution in [2.24, 2.45) is 0 Å². The SMILES string of the molecule is CO[Si](CCCc1ccncc1)(OC)OC. The molecular weight excluding hydrogens is 222 g/mol. The summed E-state index contributed by atoms with van der Waals surface area (Å²) in [5.41, 5.74) is 1.28. The maximum absolute atomic E-state index is 5.36. The molecule has 4 nitrogen and oxygen atoms in total. The van der Waals surface area contributed by atoms with E-state index in [0.717, 1.165) is 18.9 Å². The van der Waals surface area contributed by atoms with Gasteiger partial charge in [-0.05, 0) is 30.5 Å². The smallest absolute Gasteiger partial charge is 0.377 e. The van der Waals surface area contributed by atoms with E-state index in [4.69, 9.17) is 13.3 Å². The van der Waals surface area contributed by atoms with Crippen LogP contribution in [0.2, 0.25) is 6.04 Å². The topological polar surface area (TPSA) is 40.6 Å². The average Bonchev–Trinajstić information content (AvgIpc) is 2.37. The van der Waals surface area contributed by atoms with E-state index in [9.17, 15) is 0 Å². The van der Waals surface area contributed by atoms with E-state index in [1.54, 1.807) is 21.3 Å². The van der Waals surface area contributed by atoms with Gasteiger partial charge in [0.15, 0.2) is 0 Å². The molecule has 0 fully saturated rings. The van der Waals surface area contributed by atoms with Gasteiger partial charge in [0.25, 0.3) is 0 Å². The number of rotatable bonds is 7. The Bertz CT molecular complexity index is 282. The van der Waals surface area contributed by atoms with E-state index < -0.39 is 8.80 Å². The summed E-state index contributed by atoms with van der Waals surface area (Å²) in [5.74, 6) is 0. The van der Waals surface area contributed by atoms with E-state index in [0.29, 0.717) is 0 Å². The van der Waals surface area contributed by atoms with Crippen molar-refractivity contribution < 1.29 is 13.3 Å². The maximum Gasteiger partial charge on any atom is 0.500 e. The Balaban J connectivity index is 2.39. The van der Waals surface area contributed by atoms with Crippen LogP contribution in [0.15, 0.2) is 24.5 Å². The fourth-order valence-electron chi connectivity index (χ4n) is 1.61. The van der Waals surface area contributed by atoms with Crippen LogP contribution in [-0.4, -0.2) is 35.1 Å². The van der Waals surface area contributed by atoms with Gasteiger partial charge in [-0.1, -0.05) is 0 Å². The molecule has 0 aliphatic heterocycles. The Labute approximate surface area is 97.9 Å². The van der Waals surface area contributed by atoms with E-state index in [2.05, 4.69) is 4.98 Å². The second-order valence-corrected chi connectivity index (χ2v) is 6.60. The maximum atomic E-state index is 5.36. The molecule has 1 rings (SSSR count). The third-order valence-electron chi connectivity index (χ3n) is 2.63. The Kier molecular flexibility index (Phi) is 5.62. The van der Waals surface area contributed by atoms with Crippen LogP contribution in [0.1, 0.15) is 12.0 Å². The van der Waals surface area contributed by atoms with E-state index >= 15 is 0 Å². The highest BCUT2D eigenvalue weighted by molar-refractivity contribution is 6.60. The predicted molar refractivity (Wildman–Crippen MR) is 64.1 cm³/mol. The summed E-state index contributed by atoms with van der Waals surface area (Å²) >= 11 is 0. The first-order valence-electron chi connectivity index (χ1n) is 5.30. The van der Waals surface area contributed by atoms with Gasteiger partial charge in [0, 0.05) is 39.8 Å². The number of hydrogen-bond acceptors (Lipinski definition) is 4. The van der Waals surface area contributed by atoms with Crippen LogP contribution in [0.5, 0.6) is 0 Å². The first-order chi connectivity index (χ1) is 7.76. The van der Waals surface area contributed by atoms with Crippen LogP contribution in [-0.2, 0) is 19.7 Å².